The Morgan fingerprint density at radius 3 is 2.56 bits per heavy atom. The quantitative estimate of drug-likeness (QED) is 0.496. The van der Waals surface area contributed by atoms with Gasteiger partial charge in [0.15, 0.2) is 0 Å². The number of ether oxygens (including phenoxy) is 1. The summed E-state index contributed by atoms with van der Waals surface area (Å²) in [4.78, 5) is 0. The monoisotopic (exact) mass is 147 g/mol. The van der Waals surface area contributed by atoms with Crippen LogP contribution in [0, 0.1) is 12.3 Å². The molecule has 1 unspecified atom stereocenters. The van der Waals surface area contributed by atoms with Crippen LogP contribution in [0.2, 0.25) is 0 Å². The van der Waals surface area contributed by atoms with Gasteiger partial charge in [0, 0.05) is 13.0 Å². The summed E-state index contributed by atoms with van der Waals surface area (Å²) in [6.45, 7) is 1.23. The van der Waals surface area contributed by atoms with Gasteiger partial charge in [-0.15, -0.1) is 18.8 Å². The smallest absolute Gasteiger partial charge is 0.103 e. The van der Waals surface area contributed by atoms with E-state index in [0.29, 0.717) is 13.2 Å². The molecule has 0 bridgehead atoms. The zero-order valence-corrected chi connectivity index (χ0v) is 5.91. The Bertz CT molecular complexity index is 124. The molecule has 1 aliphatic heterocycles. The molecule has 0 aromatic heterocycles. The van der Waals surface area contributed by atoms with E-state index in [1.807, 2.05) is 0 Å². The van der Waals surface area contributed by atoms with Crippen molar-refractivity contribution < 1.29 is 4.74 Å². The molecule has 1 aliphatic rings. The van der Waals surface area contributed by atoms with Crippen LogP contribution >= 0.6 is 12.4 Å². The molecule has 0 aliphatic carbocycles. The van der Waals surface area contributed by atoms with Crippen LogP contribution in [-0.4, -0.2) is 18.8 Å². The number of hydrogen-bond acceptors (Lipinski definition) is 2. The van der Waals surface area contributed by atoms with Crippen LogP contribution in [0.5, 0.6) is 0 Å². The number of rotatable bonds is 0. The van der Waals surface area contributed by atoms with Gasteiger partial charge in [0.25, 0.3) is 0 Å². The Morgan fingerprint density at radius 2 is 2.33 bits per heavy atom. The van der Waals surface area contributed by atoms with Gasteiger partial charge < -0.3 is 10.5 Å². The molecule has 1 heterocycles. The van der Waals surface area contributed by atoms with Crippen LogP contribution in [0.3, 0.4) is 0 Å². The predicted molar refractivity (Wildman–Crippen MR) is 38.4 cm³/mol. The van der Waals surface area contributed by atoms with E-state index in [0.717, 1.165) is 6.42 Å². The lowest BCUT2D eigenvalue weighted by molar-refractivity contribution is 0.187. The Labute approximate surface area is 61.2 Å². The summed E-state index contributed by atoms with van der Waals surface area (Å²) >= 11 is 0. The lowest BCUT2D eigenvalue weighted by atomic mass is 10.0. The molecule has 1 fully saturated rings. The third kappa shape index (κ3) is 1.87. The van der Waals surface area contributed by atoms with Crippen molar-refractivity contribution in [3.63, 3.8) is 0 Å². The van der Waals surface area contributed by atoms with Gasteiger partial charge in [0.05, 0.1) is 6.61 Å². The van der Waals surface area contributed by atoms with Crippen LogP contribution in [-0.2, 0) is 4.74 Å². The molecule has 52 valence electrons. The molecule has 9 heavy (non-hydrogen) atoms. The fraction of sp³-hybridized carbons (Fsp3) is 0.667. The maximum atomic E-state index is 5.60. The van der Waals surface area contributed by atoms with Crippen LogP contribution in [0.15, 0.2) is 0 Å². The Kier molecular flexibility index (Phi) is 2.99. The molecule has 1 rings (SSSR count). The molecular weight excluding hydrogens is 138 g/mol. The lowest BCUT2D eigenvalue weighted by Crippen LogP contribution is -2.38. The molecule has 0 spiro atoms. The molecule has 0 radical (unpaired) electrons. The highest BCUT2D eigenvalue weighted by Gasteiger charge is 2.27. The topological polar surface area (TPSA) is 35.2 Å². The number of nitrogens with two attached hydrogens (primary N) is 1. The molecule has 2 N–H and O–H groups in total. The van der Waals surface area contributed by atoms with Crippen LogP contribution in [0.1, 0.15) is 6.42 Å². The first-order valence-corrected chi connectivity index (χ1v) is 2.61. The minimum absolute atomic E-state index is 0. The van der Waals surface area contributed by atoms with E-state index < -0.39 is 5.54 Å². The molecule has 2 nitrogen and oxygen atoms in total. The van der Waals surface area contributed by atoms with Gasteiger partial charge in [-0.3, -0.25) is 0 Å². The summed E-state index contributed by atoms with van der Waals surface area (Å²) in [5, 5.41) is 0. The summed E-state index contributed by atoms with van der Waals surface area (Å²) in [5.41, 5.74) is 5.14. The van der Waals surface area contributed by atoms with E-state index in [1.54, 1.807) is 0 Å². The second-order valence-corrected chi connectivity index (χ2v) is 2.10. The minimum atomic E-state index is -0.458. The van der Waals surface area contributed by atoms with Gasteiger partial charge in [-0.05, 0) is 0 Å². The van der Waals surface area contributed by atoms with Crippen molar-refractivity contribution in [3.8, 4) is 12.3 Å². The Balaban J connectivity index is 0.000000640. The van der Waals surface area contributed by atoms with Crippen molar-refractivity contribution in [2.75, 3.05) is 13.2 Å². The van der Waals surface area contributed by atoms with Gasteiger partial charge >= 0.3 is 0 Å². The van der Waals surface area contributed by atoms with Gasteiger partial charge in [0.2, 0.25) is 0 Å². The first-order valence-electron chi connectivity index (χ1n) is 2.61. The molecule has 0 aromatic carbocycles. The van der Waals surface area contributed by atoms with E-state index in [1.165, 1.54) is 0 Å². The van der Waals surface area contributed by atoms with E-state index in [9.17, 15) is 0 Å². The number of hydrogen-bond donors (Lipinski definition) is 1. The first kappa shape index (κ1) is 8.77. The van der Waals surface area contributed by atoms with Gasteiger partial charge in [-0.2, -0.15) is 0 Å². The second kappa shape index (κ2) is 3.07. The Hall–Kier alpha value is -0.230. The first-order chi connectivity index (χ1) is 3.77. The molecule has 3 heteroatoms. The van der Waals surface area contributed by atoms with E-state index in [4.69, 9.17) is 16.9 Å². The van der Waals surface area contributed by atoms with Crippen LogP contribution in [0.4, 0.5) is 0 Å². The van der Waals surface area contributed by atoms with Crippen molar-refractivity contribution in [3.05, 3.63) is 0 Å². The largest absolute Gasteiger partial charge is 0.378 e. The van der Waals surface area contributed by atoms with Crippen molar-refractivity contribution in [2.24, 2.45) is 5.73 Å². The average molecular weight is 148 g/mol. The zero-order valence-electron chi connectivity index (χ0n) is 5.09. The summed E-state index contributed by atoms with van der Waals surface area (Å²) in [7, 11) is 0. The fourth-order valence-corrected chi connectivity index (χ4v) is 0.695. The maximum Gasteiger partial charge on any atom is 0.103 e. The predicted octanol–water partition coefficient (Wildman–Crippen LogP) is 0.159. The highest BCUT2D eigenvalue weighted by molar-refractivity contribution is 5.85. The maximum absolute atomic E-state index is 5.60. The normalized spacial score (nSPS) is 32.9. The van der Waals surface area contributed by atoms with E-state index in [2.05, 4.69) is 5.92 Å². The minimum Gasteiger partial charge on any atom is -0.378 e. The van der Waals surface area contributed by atoms with Gasteiger partial charge in [-0.25, -0.2) is 0 Å². The summed E-state index contributed by atoms with van der Waals surface area (Å²) < 4.78 is 4.98. The highest BCUT2D eigenvalue weighted by Crippen LogP contribution is 2.12. The highest BCUT2D eigenvalue weighted by atomic mass is 35.5. The lowest BCUT2D eigenvalue weighted by Gasteiger charge is -2.10. The third-order valence-electron chi connectivity index (χ3n) is 1.34. The van der Waals surface area contributed by atoms with Gasteiger partial charge in [0.1, 0.15) is 5.54 Å². The SMILES string of the molecule is C#CC1(N)CCOC1.Cl. The summed E-state index contributed by atoms with van der Waals surface area (Å²) in [5.74, 6) is 2.49. The zero-order chi connectivity index (χ0) is 6.04. The molecular formula is C6H10ClNO. The molecule has 0 amide bonds. The van der Waals surface area contributed by atoms with Crippen LogP contribution in [0.25, 0.3) is 0 Å². The van der Waals surface area contributed by atoms with E-state index in [-0.39, 0.29) is 12.4 Å². The number of terminal acetylenes is 1. The molecule has 0 saturated carbocycles. The van der Waals surface area contributed by atoms with Crippen LogP contribution < -0.4 is 5.73 Å². The summed E-state index contributed by atoms with van der Waals surface area (Å²) in [6, 6.07) is 0. The fourth-order valence-electron chi connectivity index (χ4n) is 0.695. The van der Waals surface area contributed by atoms with Crippen molar-refractivity contribution in [1.82, 2.24) is 0 Å². The Morgan fingerprint density at radius 1 is 1.67 bits per heavy atom. The van der Waals surface area contributed by atoms with E-state index >= 15 is 0 Å². The van der Waals surface area contributed by atoms with Crippen molar-refractivity contribution in [2.45, 2.75) is 12.0 Å². The van der Waals surface area contributed by atoms with Crippen molar-refractivity contribution >= 4 is 12.4 Å². The standard InChI is InChI=1S/C6H9NO.ClH/c1-2-6(7)3-4-8-5-6;/h1H,3-5,7H2;1H. The molecule has 1 saturated heterocycles. The average Bonchev–Trinajstić information content (AvgIpc) is 2.17. The van der Waals surface area contributed by atoms with Crippen molar-refractivity contribution in [1.29, 1.82) is 0 Å². The second-order valence-electron chi connectivity index (χ2n) is 2.10. The third-order valence-corrected chi connectivity index (χ3v) is 1.34. The molecule has 1 atom stereocenters. The summed E-state index contributed by atoms with van der Waals surface area (Å²) in [6.07, 6.45) is 5.91. The van der Waals surface area contributed by atoms with Gasteiger partial charge in [-0.1, -0.05) is 5.92 Å². The molecule has 0 aromatic rings. The number of halogens is 1.